The van der Waals surface area contributed by atoms with E-state index < -0.39 is 30.5 Å². The normalized spacial score (nSPS) is 13.3. The number of nitrogens with one attached hydrogen (secondary N) is 2. The first-order valence-corrected chi connectivity index (χ1v) is 13.2. The molecule has 13 heteroatoms. The molecule has 0 spiro atoms. The standard InChI is InChI=1S/C30H25F4N5O4/c1-15-6-18(43-25-5-3-2-4-20(25)31)9-21(32)28(15)39-30(35)19(11-36-39)29(40)24-7-16-8-26(42-14-27(33)34)23(10-22(16)38-24)37-17-12-41-13-17/h2-11,17,27,37-38H,12-14,35H2,1H3. The number of alkyl halides is 2. The topological polar surface area (TPSA) is 116 Å². The van der Waals surface area contributed by atoms with Crippen LogP contribution in [-0.2, 0) is 4.74 Å². The van der Waals surface area contributed by atoms with Crippen LogP contribution < -0.4 is 20.5 Å². The molecule has 0 unspecified atom stereocenters. The third-order valence-corrected chi connectivity index (χ3v) is 6.88. The van der Waals surface area contributed by atoms with Gasteiger partial charge in [0.1, 0.15) is 29.6 Å². The summed E-state index contributed by atoms with van der Waals surface area (Å²) in [7, 11) is 0. The van der Waals surface area contributed by atoms with Crippen LogP contribution in [0.25, 0.3) is 16.6 Å². The second-order valence-electron chi connectivity index (χ2n) is 9.99. The second-order valence-corrected chi connectivity index (χ2v) is 9.99. The first-order chi connectivity index (χ1) is 20.7. The predicted molar refractivity (Wildman–Crippen MR) is 151 cm³/mol. The maximum absolute atomic E-state index is 15.3. The molecule has 1 saturated heterocycles. The summed E-state index contributed by atoms with van der Waals surface area (Å²) >= 11 is 0. The molecule has 1 fully saturated rings. The van der Waals surface area contributed by atoms with Crippen molar-refractivity contribution in [2.24, 2.45) is 0 Å². The number of aromatic nitrogens is 3. The van der Waals surface area contributed by atoms with Gasteiger partial charge in [-0.25, -0.2) is 22.2 Å². The molecule has 1 aliphatic rings. The quantitative estimate of drug-likeness (QED) is 0.134. The highest BCUT2D eigenvalue weighted by Gasteiger charge is 2.24. The Morgan fingerprint density at radius 2 is 1.93 bits per heavy atom. The van der Waals surface area contributed by atoms with Gasteiger partial charge in [0.05, 0.1) is 42.4 Å². The Bertz CT molecular complexity index is 1810. The van der Waals surface area contributed by atoms with Crippen LogP contribution in [0.3, 0.4) is 0 Å². The molecule has 9 nitrogen and oxygen atoms in total. The number of aromatic amines is 1. The van der Waals surface area contributed by atoms with Gasteiger partial charge in [-0.15, -0.1) is 0 Å². The fourth-order valence-corrected chi connectivity index (χ4v) is 4.75. The Labute approximate surface area is 242 Å². The van der Waals surface area contributed by atoms with E-state index in [1.807, 2.05) is 0 Å². The zero-order valence-corrected chi connectivity index (χ0v) is 22.7. The highest BCUT2D eigenvalue weighted by atomic mass is 19.3. The van der Waals surface area contributed by atoms with Gasteiger partial charge in [-0.3, -0.25) is 4.79 Å². The van der Waals surface area contributed by atoms with E-state index >= 15 is 4.39 Å². The number of anilines is 2. The van der Waals surface area contributed by atoms with Crippen molar-refractivity contribution in [3.8, 4) is 22.9 Å². The van der Waals surface area contributed by atoms with Crippen LogP contribution in [-0.4, -0.2) is 52.8 Å². The molecule has 0 bridgehead atoms. The number of ketones is 1. The van der Waals surface area contributed by atoms with Gasteiger partial charge in [0.25, 0.3) is 6.43 Å². The molecular formula is C30H25F4N5O4. The number of halogens is 4. The lowest BCUT2D eigenvalue weighted by Gasteiger charge is -2.28. The Hall–Kier alpha value is -5.04. The average molecular weight is 596 g/mol. The van der Waals surface area contributed by atoms with E-state index in [4.69, 9.17) is 19.9 Å². The third kappa shape index (κ3) is 5.58. The van der Waals surface area contributed by atoms with Crippen LogP contribution in [0.15, 0.2) is 60.8 Å². The van der Waals surface area contributed by atoms with Crippen molar-refractivity contribution in [3.05, 3.63) is 89.2 Å². The van der Waals surface area contributed by atoms with Crippen molar-refractivity contribution >= 4 is 28.2 Å². The molecule has 4 N–H and O–H groups in total. The summed E-state index contributed by atoms with van der Waals surface area (Å²) in [6.07, 6.45) is -1.44. The van der Waals surface area contributed by atoms with Gasteiger partial charge in [0, 0.05) is 17.0 Å². The van der Waals surface area contributed by atoms with Crippen LogP contribution >= 0.6 is 0 Å². The van der Waals surface area contributed by atoms with E-state index in [0.717, 1.165) is 10.7 Å². The van der Waals surface area contributed by atoms with E-state index in [9.17, 15) is 18.0 Å². The van der Waals surface area contributed by atoms with E-state index in [1.54, 1.807) is 31.2 Å². The molecule has 5 aromatic rings. The summed E-state index contributed by atoms with van der Waals surface area (Å²) in [6.45, 7) is 1.73. The fourth-order valence-electron chi connectivity index (χ4n) is 4.75. The van der Waals surface area contributed by atoms with Crippen molar-refractivity contribution < 1.29 is 36.6 Å². The second kappa shape index (κ2) is 11.3. The molecule has 43 heavy (non-hydrogen) atoms. The summed E-state index contributed by atoms with van der Waals surface area (Å²) in [5.74, 6) is -1.77. The van der Waals surface area contributed by atoms with Crippen LogP contribution in [0.1, 0.15) is 21.6 Å². The predicted octanol–water partition coefficient (Wildman–Crippen LogP) is 6.00. The number of carbonyl (C=O) groups excluding carboxylic acids is 1. The van der Waals surface area contributed by atoms with Gasteiger partial charge in [-0.05, 0) is 48.9 Å². The van der Waals surface area contributed by atoms with Crippen molar-refractivity contribution in [1.29, 1.82) is 0 Å². The SMILES string of the molecule is Cc1cc(Oc2ccccc2F)cc(F)c1-n1ncc(C(=O)c2cc3cc(OCC(F)F)c(NC4COC4)cc3[nH]2)c1N. The number of nitrogens with two attached hydrogens (primary N) is 1. The molecule has 222 valence electrons. The summed E-state index contributed by atoms with van der Waals surface area (Å²) in [6, 6.07) is 13.1. The number of hydrogen-bond acceptors (Lipinski definition) is 7. The number of aryl methyl sites for hydroxylation is 1. The summed E-state index contributed by atoms with van der Waals surface area (Å²) in [5.41, 5.74) is 7.83. The lowest BCUT2D eigenvalue weighted by molar-refractivity contribution is 0.0209. The molecule has 6 rings (SSSR count). The van der Waals surface area contributed by atoms with Gasteiger partial charge in [0.15, 0.2) is 17.4 Å². The molecule has 0 atom stereocenters. The van der Waals surface area contributed by atoms with Crippen LogP contribution in [0.2, 0.25) is 0 Å². The molecule has 3 aromatic carbocycles. The number of fused-ring (bicyclic) bond motifs is 1. The van der Waals surface area contributed by atoms with Crippen LogP contribution in [0.5, 0.6) is 17.2 Å². The van der Waals surface area contributed by atoms with Crippen molar-refractivity contribution in [2.45, 2.75) is 19.4 Å². The largest absolute Gasteiger partial charge is 0.485 e. The number of nitrogen functional groups attached to an aromatic ring is 1. The van der Waals surface area contributed by atoms with E-state index in [-0.39, 0.29) is 46.1 Å². The number of ether oxygens (including phenoxy) is 3. The minimum Gasteiger partial charge on any atom is -0.485 e. The smallest absolute Gasteiger partial charge is 0.272 e. The Kier molecular flexibility index (Phi) is 7.40. The number of nitrogens with zero attached hydrogens (tertiary/aromatic N) is 2. The zero-order valence-electron chi connectivity index (χ0n) is 22.7. The van der Waals surface area contributed by atoms with Crippen molar-refractivity contribution in [2.75, 3.05) is 30.9 Å². The molecule has 0 radical (unpaired) electrons. The van der Waals surface area contributed by atoms with Gasteiger partial charge >= 0.3 is 0 Å². The van der Waals surface area contributed by atoms with Crippen LogP contribution in [0.4, 0.5) is 29.1 Å². The summed E-state index contributed by atoms with van der Waals surface area (Å²) in [5, 5.41) is 7.90. The van der Waals surface area contributed by atoms with E-state index in [0.29, 0.717) is 35.4 Å². The maximum atomic E-state index is 15.3. The highest BCUT2D eigenvalue weighted by molar-refractivity contribution is 6.12. The van der Waals surface area contributed by atoms with Gasteiger partial charge in [0.2, 0.25) is 5.78 Å². The summed E-state index contributed by atoms with van der Waals surface area (Å²) in [4.78, 5) is 16.5. The van der Waals surface area contributed by atoms with Crippen molar-refractivity contribution in [1.82, 2.24) is 14.8 Å². The lowest BCUT2D eigenvalue weighted by atomic mass is 10.1. The highest BCUT2D eigenvalue weighted by Crippen LogP contribution is 2.34. The van der Waals surface area contributed by atoms with E-state index in [1.165, 1.54) is 30.5 Å². The molecule has 0 amide bonds. The molecule has 0 aliphatic carbocycles. The lowest BCUT2D eigenvalue weighted by Crippen LogP contribution is -2.40. The molecule has 1 aliphatic heterocycles. The minimum absolute atomic E-state index is 0.00274. The summed E-state index contributed by atoms with van der Waals surface area (Å²) < 4.78 is 72.1. The average Bonchev–Trinajstić information content (AvgIpc) is 3.53. The van der Waals surface area contributed by atoms with E-state index in [2.05, 4.69) is 15.4 Å². The Morgan fingerprint density at radius 1 is 1.14 bits per heavy atom. The van der Waals surface area contributed by atoms with Crippen LogP contribution in [0, 0.1) is 18.6 Å². The number of hydrogen-bond donors (Lipinski definition) is 3. The number of carbonyl (C=O) groups is 1. The maximum Gasteiger partial charge on any atom is 0.272 e. The molecule has 0 saturated carbocycles. The first-order valence-electron chi connectivity index (χ1n) is 13.2. The molecule has 3 heterocycles. The Balaban J connectivity index is 1.29. The number of rotatable bonds is 10. The van der Waals surface area contributed by atoms with Gasteiger partial charge in [-0.2, -0.15) is 5.10 Å². The fraction of sp³-hybridized carbons (Fsp3) is 0.200. The number of para-hydroxylation sites is 1. The first kappa shape index (κ1) is 28.1. The monoisotopic (exact) mass is 595 g/mol. The number of H-pyrrole nitrogens is 1. The molecular weight excluding hydrogens is 570 g/mol. The van der Waals surface area contributed by atoms with Gasteiger partial charge in [-0.1, -0.05) is 12.1 Å². The zero-order chi connectivity index (χ0) is 30.2. The van der Waals surface area contributed by atoms with Gasteiger partial charge < -0.3 is 30.2 Å². The third-order valence-electron chi connectivity index (χ3n) is 6.88. The number of benzene rings is 3. The molecule has 2 aromatic heterocycles. The van der Waals surface area contributed by atoms with Crippen molar-refractivity contribution in [3.63, 3.8) is 0 Å². The minimum atomic E-state index is -2.66. The Morgan fingerprint density at radius 3 is 2.63 bits per heavy atom.